The normalized spacial score (nSPS) is 11.0. The molecule has 0 aliphatic rings. The maximum atomic E-state index is 13.2. The third kappa shape index (κ3) is 2.91. The minimum Gasteiger partial charge on any atom is -0.224 e. The van der Waals surface area contributed by atoms with E-state index in [0.29, 0.717) is 0 Å². The summed E-state index contributed by atoms with van der Waals surface area (Å²) in [6.45, 7) is 0. The third-order valence-corrected chi connectivity index (χ3v) is 3.67. The lowest BCUT2D eigenvalue weighted by Gasteiger charge is -2.03. The van der Waals surface area contributed by atoms with E-state index in [2.05, 4.69) is 0 Å². The predicted molar refractivity (Wildman–Crippen MR) is 53.7 cm³/mol. The first kappa shape index (κ1) is 12.0. The van der Waals surface area contributed by atoms with Gasteiger partial charge in [0.1, 0.15) is 10.7 Å². The van der Waals surface area contributed by atoms with Gasteiger partial charge in [0.25, 0.3) is 0 Å². The molecule has 0 unspecified atom stereocenters. The first-order valence-corrected chi connectivity index (χ1v) is 6.05. The van der Waals surface area contributed by atoms with Crippen LogP contribution in [0.2, 0.25) is 5.02 Å². The lowest BCUT2D eigenvalue weighted by Crippen LogP contribution is -2.08. The van der Waals surface area contributed by atoms with Gasteiger partial charge in [0.2, 0.25) is 0 Å². The van der Waals surface area contributed by atoms with E-state index in [1.54, 1.807) is 6.07 Å². The molecule has 0 aliphatic heterocycles. The van der Waals surface area contributed by atoms with Crippen molar-refractivity contribution in [3.05, 3.63) is 29.0 Å². The topological polar surface area (TPSA) is 57.9 Å². The molecule has 1 aromatic rings. The highest BCUT2D eigenvalue weighted by Gasteiger charge is 2.19. The van der Waals surface area contributed by atoms with Crippen LogP contribution < -0.4 is 0 Å². The van der Waals surface area contributed by atoms with Crippen LogP contribution in [-0.4, -0.2) is 14.2 Å². The molecular weight excluding hydrogens is 241 g/mol. The molecule has 0 N–H and O–H groups in total. The molecule has 1 aromatic carbocycles. The highest BCUT2D eigenvalue weighted by molar-refractivity contribution is 7.91. The van der Waals surface area contributed by atoms with Crippen LogP contribution in [0.25, 0.3) is 0 Å². The molecule has 15 heavy (non-hydrogen) atoms. The molecular formula is C9H7ClFNO2S. The molecule has 1 rings (SSSR count). The number of nitrogens with zero attached hydrogens (tertiary/aromatic N) is 1. The van der Waals surface area contributed by atoms with Gasteiger partial charge in [-0.2, -0.15) is 5.26 Å². The van der Waals surface area contributed by atoms with Crippen molar-refractivity contribution in [3.8, 4) is 6.07 Å². The number of hydrogen-bond donors (Lipinski definition) is 0. The monoisotopic (exact) mass is 247 g/mol. The van der Waals surface area contributed by atoms with Gasteiger partial charge >= 0.3 is 0 Å². The van der Waals surface area contributed by atoms with Crippen molar-refractivity contribution in [3.63, 3.8) is 0 Å². The average Bonchev–Trinajstić information content (AvgIpc) is 2.18. The van der Waals surface area contributed by atoms with Crippen LogP contribution in [0, 0.1) is 17.1 Å². The Hall–Kier alpha value is -1.12. The summed E-state index contributed by atoms with van der Waals surface area (Å²) in [5.74, 6) is -1.25. The van der Waals surface area contributed by atoms with E-state index in [4.69, 9.17) is 16.9 Å². The first-order chi connectivity index (χ1) is 6.97. The number of nitriles is 1. The van der Waals surface area contributed by atoms with Gasteiger partial charge in [0.15, 0.2) is 9.84 Å². The van der Waals surface area contributed by atoms with Crippen molar-refractivity contribution in [2.75, 3.05) is 5.75 Å². The molecule has 0 aliphatic carbocycles. The molecule has 0 atom stereocenters. The Morgan fingerprint density at radius 3 is 2.73 bits per heavy atom. The molecule has 0 radical (unpaired) electrons. The Balaban J connectivity index is 3.16. The zero-order valence-electron chi connectivity index (χ0n) is 7.57. The zero-order valence-corrected chi connectivity index (χ0v) is 9.15. The van der Waals surface area contributed by atoms with E-state index in [-0.39, 0.29) is 11.4 Å². The first-order valence-electron chi connectivity index (χ1n) is 4.02. The van der Waals surface area contributed by atoms with Crippen LogP contribution in [0.5, 0.6) is 0 Å². The minimum absolute atomic E-state index is 0.145. The highest BCUT2D eigenvalue weighted by Crippen LogP contribution is 2.20. The van der Waals surface area contributed by atoms with E-state index < -0.39 is 26.3 Å². The van der Waals surface area contributed by atoms with Gasteiger partial charge in [-0.25, -0.2) is 12.8 Å². The molecule has 6 heteroatoms. The molecule has 0 amide bonds. The van der Waals surface area contributed by atoms with Gasteiger partial charge in [-0.05, 0) is 18.2 Å². The van der Waals surface area contributed by atoms with Gasteiger partial charge in [0, 0.05) is 11.4 Å². The van der Waals surface area contributed by atoms with Crippen LogP contribution in [0.3, 0.4) is 0 Å². The predicted octanol–water partition coefficient (Wildman–Crippen LogP) is 2.17. The summed E-state index contributed by atoms with van der Waals surface area (Å²) in [6.07, 6.45) is -0.172. The van der Waals surface area contributed by atoms with Gasteiger partial charge in [-0.1, -0.05) is 11.6 Å². The Kier molecular flexibility index (Phi) is 3.66. The van der Waals surface area contributed by atoms with Crippen LogP contribution in [-0.2, 0) is 9.84 Å². The summed E-state index contributed by atoms with van der Waals surface area (Å²) < 4.78 is 36.2. The molecule has 3 nitrogen and oxygen atoms in total. The molecule has 0 spiro atoms. The minimum atomic E-state index is -3.76. The van der Waals surface area contributed by atoms with Crippen molar-refractivity contribution in [2.24, 2.45) is 0 Å². The van der Waals surface area contributed by atoms with Crippen LogP contribution in [0.15, 0.2) is 23.1 Å². The fraction of sp³-hybridized carbons (Fsp3) is 0.222. The summed E-state index contributed by atoms with van der Waals surface area (Å²) in [5.41, 5.74) is 0. The number of benzene rings is 1. The molecule has 0 bridgehead atoms. The van der Waals surface area contributed by atoms with Crippen molar-refractivity contribution in [2.45, 2.75) is 11.3 Å². The molecule has 80 valence electrons. The summed E-state index contributed by atoms with van der Waals surface area (Å²) in [6, 6.07) is 4.99. The number of hydrogen-bond acceptors (Lipinski definition) is 3. The number of sulfone groups is 1. The number of rotatable bonds is 3. The van der Waals surface area contributed by atoms with Gasteiger partial charge in [-0.15, -0.1) is 0 Å². The van der Waals surface area contributed by atoms with E-state index >= 15 is 0 Å². The van der Waals surface area contributed by atoms with Gasteiger partial charge < -0.3 is 0 Å². The van der Waals surface area contributed by atoms with Crippen LogP contribution in [0.4, 0.5) is 4.39 Å². The SMILES string of the molecule is N#CCCS(=O)(=O)c1cc(Cl)ccc1F. The van der Waals surface area contributed by atoms with Crippen molar-refractivity contribution >= 4 is 21.4 Å². The summed E-state index contributed by atoms with van der Waals surface area (Å²) >= 11 is 5.56. The Bertz CT molecular complexity index is 507. The van der Waals surface area contributed by atoms with Gasteiger partial charge in [0.05, 0.1) is 11.8 Å². The maximum absolute atomic E-state index is 13.2. The zero-order chi connectivity index (χ0) is 11.5. The maximum Gasteiger partial charge on any atom is 0.182 e. The third-order valence-electron chi connectivity index (χ3n) is 1.71. The van der Waals surface area contributed by atoms with Crippen LogP contribution >= 0.6 is 11.6 Å². The smallest absolute Gasteiger partial charge is 0.182 e. The number of halogens is 2. The van der Waals surface area contributed by atoms with Crippen LogP contribution in [0.1, 0.15) is 6.42 Å². The standard InChI is InChI=1S/C9H7ClFNO2S/c10-7-2-3-8(11)9(6-7)15(13,14)5-1-4-12/h2-3,6H,1,5H2. The van der Waals surface area contributed by atoms with Crippen molar-refractivity contribution < 1.29 is 12.8 Å². The summed E-state index contributed by atoms with van der Waals surface area (Å²) in [5, 5.41) is 8.41. The fourth-order valence-corrected chi connectivity index (χ4v) is 2.49. The van der Waals surface area contributed by atoms with E-state index in [1.807, 2.05) is 0 Å². The Morgan fingerprint density at radius 2 is 2.13 bits per heavy atom. The Morgan fingerprint density at radius 1 is 1.47 bits per heavy atom. The highest BCUT2D eigenvalue weighted by atomic mass is 35.5. The largest absolute Gasteiger partial charge is 0.224 e. The van der Waals surface area contributed by atoms with E-state index in [0.717, 1.165) is 12.1 Å². The fourth-order valence-electron chi connectivity index (χ4n) is 1.01. The quantitative estimate of drug-likeness (QED) is 0.823. The van der Waals surface area contributed by atoms with Gasteiger partial charge in [-0.3, -0.25) is 0 Å². The molecule has 0 saturated carbocycles. The van der Waals surface area contributed by atoms with E-state index in [9.17, 15) is 12.8 Å². The lowest BCUT2D eigenvalue weighted by molar-refractivity contribution is 0.567. The molecule has 0 heterocycles. The lowest BCUT2D eigenvalue weighted by atomic mass is 10.3. The molecule has 0 fully saturated rings. The van der Waals surface area contributed by atoms with Crippen molar-refractivity contribution in [1.82, 2.24) is 0 Å². The average molecular weight is 248 g/mol. The second kappa shape index (κ2) is 4.60. The molecule has 0 saturated heterocycles. The summed E-state index contributed by atoms with van der Waals surface area (Å²) in [7, 11) is -3.76. The molecule has 0 aromatic heterocycles. The summed E-state index contributed by atoms with van der Waals surface area (Å²) in [4.78, 5) is -0.453. The van der Waals surface area contributed by atoms with Crippen molar-refractivity contribution in [1.29, 1.82) is 5.26 Å². The van der Waals surface area contributed by atoms with E-state index in [1.165, 1.54) is 6.07 Å². The Labute approximate surface area is 92.0 Å². The second-order valence-electron chi connectivity index (χ2n) is 2.80. The second-order valence-corrected chi connectivity index (χ2v) is 5.32.